The molecule has 2 N–H and O–H groups in total. The minimum absolute atomic E-state index is 0.331. The molecule has 1 unspecified atom stereocenters. The lowest BCUT2D eigenvalue weighted by Crippen LogP contribution is -2.45. The van der Waals surface area contributed by atoms with Gasteiger partial charge in [0.15, 0.2) is 0 Å². The molecule has 0 spiro atoms. The van der Waals surface area contributed by atoms with Crippen LogP contribution in [0.4, 0.5) is 4.39 Å². The maximum absolute atomic E-state index is 13.3. The topological polar surface area (TPSA) is 67.2 Å². The molecule has 27 heavy (non-hydrogen) atoms. The van der Waals surface area contributed by atoms with Crippen LogP contribution in [0.1, 0.15) is 48.7 Å². The number of amides is 1. The third-order valence-corrected chi connectivity index (χ3v) is 5.21. The normalized spacial score (nSPS) is 12.9. The number of pyridine rings is 1. The van der Waals surface area contributed by atoms with Gasteiger partial charge in [0.1, 0.15) is 11.5 Å². The number of aryl methyl sites for hydroxylation is 1. The summed E-state index contributed by atoms with van der Waals surface area (Å²) in [6.45, 7) is 3.73. The minimum atomic E-state index is -1.14. The molecule has 0 aliphatic heterocycles. The van der Waals surface area contributed by atoms with Gasteiger partial charge in [0.25, 0.3) is 5.91 Å². The minimum Gasteiger partial charge on any atom is -0.387 e. The first-order valence-electron chi connectivity index (χ1n) is 9.07. The first kappa shape index (κ1) is 19.0. The molecule has 5 nitrogen and oxygen atoms in total. The summed E-state index contributed by atoms with van der Waals surface area (Å²) in [7, 11) is 1.89. The number of nitrogens with zero attached hydrogens (tertiary/aromatic N) is 2. The predicted molar refractivity (Wildman–Crippen MR) is 103 cm³/mol. The molecule has 0 radical (unpaired) electrons. The number of hydrogen-bond acceptors (Lipinski definition) is 3. The highest BCUT2D eigenvalue weighted by Crippen LogP contribution is 2.32. The molecule has 0 aliphatic rings. The summed E-state index contributed by atoms with van der Waals surface area (Å²) in [5, 5.41) is 14.8. The summed E-state index contributed by atoms with van der Waals surface area (Å²) in [6.07, 6.45) is 4.30. The van der Waals surface area contributed by atoms with E-state index < -0.39 is 11.6 Å². The highest BCUT2D eigenvalue weighted by atomic mass is 19.1. The van der Waals surface area contributed by atoms with Crippen molar-refractivity contribution in [3.05, 3.63) is 65.7 Å². The molecule has 0 fully saturated rings. The lowest BCUT2D eigenvalue weighted by Gasteiger charge is -2.35. The van der Waals surface area contributed by atoms with E-state index in [-0.39, 0.29) is 11.7 Å². The lowest BCUT2D eigenvalue weighted by atomic mass is 9.84. The van der Waals surface area contributed by atoms with Gasteiger partial charge in [-0.3, -0.25) is 4.79 Å². The number of aliphatic hydroxyl groups is 1. The molecule has 2 aromatic heterocycles. The monoisotopic (exact) mass is 369 g/mol. The van der Waals surface area contributed by atoms with E-state index in [9.17, 15) is 14.3 Å². The largest absolute Gasteiger partial charge is 0.387 e. The van der Waals surface area contributed by atoms with Crippen molar-refractivity contribution < 1.29 is 14.3 Å². The molecular weight excluding hydrogens is 345 g/mol. The second kappa shape index (κ2) is 7.48. The zero-order chi connectivity index (χ0) is 19.6. The van der Waals surface area contributed by atoms with Crippen LogP contribution in [0.2, 0.25) is 0 Å². The van der Waals surface area contributed by atoms with Gasteiger partial charge in [-0.15, -0.1) is 0 Å². The van der Waals surface area contributed by atoms with E-state index >= 15 is 0 Å². The molecule has 0 saturated carbocycles. The van der Waals surface area contributed by atoms with Crippen molar-refractivity contribution >= 4 is 16.9 Å². The zero-order valence-electron chi connectivity index (χ0n) is 15.7. The Morgan fingerprint density at radius 3 is 2.56 bits per heavy atom. The maximum Gasteiger partial charge on any atom is 0.253 e. The fourth-order valence-corrected chi connectivity index (χ4v) is 3.33. The number of nitrogens with one attached hydrogen (secondary N) is 1. The summed E-state index contributed by atoms with van der Waals surface area (Å²) < 4.78 is 15.2. The average Bonchev–Trinajstić information content (AvgIpc) is 3.06. The second-order valence-corrected chi connectivity index (χ2v) is 6.83. The Labute approximate surface area is 157 Å². The Morgan fingerprint density at radius 2 is 1.93 bits per heavy atom. The Hall–Kier alpha value is -2.73. The smallest absolute Gasteiger partial charge is 0.253 e. The number of fused-ring (bicyclic) bond motifs is 1. The van der Waals surface area contributed by atoms with Gasteiger partial charge in [-0.25, -0.2) is 9.37 Å². The quantitative estimate of drug-likeness (QED) is 0.696. The average molecular weight is 369 g/mol. The van der Waals surface area contributed by atoms with Gasteiger partial charge >= 0.3 is 0 Å². The van der Waals surface area contributed by atoms with Crippen LogP contribution in [0.3, 0.4) is 0 Å². The molecule has 1 atom stereocenters. The number of aromatic nitrogens is 2. The van der Waals surface area contributed by atoms with Crippen LogP contribution in [0, 0.1) is 5.82 Å². The summed E-state index contributed by atoms with van der Waals surface area (Å²) in [5.41, 5.74) is 0.720. The highest BCUT2D eigenvalue weighted by molar-refractivity contribution is 5.97. The standard InChI is InChI=1S/C21H24FN3O2/c1-4-21(27,5-2)18(14-6-8-17(22)9-7-14)24-20(26)16-12-15-10-11-25(3)19(15)23-13-16/h6-13,18,27H,4-5H2,1-3H3,(H,24,26). The van der Waals surface area contributed by atoms with Crippen LogP contribution >= 0.6 is 0 Å². The van der Waals surface area contributed by atoms with Crippen molar-refractivity contribution in [3.63, 3.8) is 0 Å². The van der Waals surface area contributed by atoms with Crippen LogP contribution < -0.4 is 5.32 Å². The van der Waals surface area contributed by atoms with E-state index in [0.717, 1.165) is 11.0 Å². The molecule has 3 aromatic rings. The summed E-state index contributed by atoms with van der Waals surface area (Å²) >= 11 is 0. The molecule has 6 heteroatoms. The lowest BCUT2D eigenvalue weighted by molar-refractivity contribution is -0.00602. The molecule has 0 bridgehead atoms. The van der Waals surface area contributed by atoms with Gasteiger partial charge in [-0.2, -0.15) is 0 Å². The van der Waals surface area contributed by atoms with E-state index in [1.807, 2.05) is 37.7 Å². The first-order valence-corrected chi connectivity index (χ1v) is 9.07. The van der Waals surface area contributed by atoms with E-state index in [0.29, 0.717) is 24.0 Å². The molecule has 142 valence electrons. The van der Waals surface area contributed by atoms with Gasteiger partial charge in [-0.05, 0) is 42.7 Å². The van der Waals surface area contributed by atoms with Gasteiger partial charge in [0.05, 0.1) is 17.2 Å². The number of halogens is 1. The maximum atomic E-state index is 13.3. The molecule has 0 saturated heterocycles. The van der Waals surface area contributed by atoms with Crippen LogP contribution in [-0.2, 0) is 7.05 Å². The van der Waals surface area contributed by atoms with Crippen LogP contribution in [0.25, 0.3) is 11.0 Å². The van der Waals surface area contributed by atoms with Crippen molar-refractivity contribution in [1.29, 1.82) is 0 Å². The first-order chi connectivity index (χ1) is 12.9. The van der Waals surface area contributed by atoms with E-state index in [1.165, 1.54) is 18.3 Å². The summed E-state index contributed by atoms with van der Waals surface area (Å²) in [5.74, 6) is -0.693. The van der Waals surface area contributed by atoms with Crippen molar-refractivity contribution in [2.75, 3.05) is 0 Å². The molecule has 3 rings (SSSR count). The van der Waals surface area contributed by atoms with Gasteiger partial charge < -0.3 is 15.0 Å². The molecule has 2 heterocycles. The summed E-state index contributed by atoms with van der Waals surface area (Å²) in [6, 6.07) is 8.86. The zero-order valence-corrected chi connectivity index (χ0v) is 15.7. The third-order valence-electron chi connectivity index (χ3n) is 5.21. The Bertz CT molecular complexity index is 946. The fourth-order valence-electron chi connectivity index (χ4n) is 3.33. The van der Waals surface area contributed by atoms with Crippen LogP contribution in [-0.4, -0.2) is 26.2 Å². The Balaban J connectivity index is 1.94. The number of carbonyl (C=O) groups excluding carboxylic acids is 1. The number of carbonyl (C=O) groups is 1. The van der Waals surface area contributed by atoms with Crippen molar-refractivity contribution in [3.8, 4) is 0 Å². The van der Waals surface area contributed by atoms with Gasteiger partial charge in [0.2, 0.25) is 0 Å². The number of rotatable bonds is 6. The van der Waals surface area contributed by atoms with Gasteiger partial charge in [-0.1, -0.05) is 26.0 Å². The highest BCUT2D eigenvalue weighted by Gasteiger charge is 2.36. The van der Waals surface area contributed by atoms with Gasteiger partial charge in [0, 0.05) is 24.8 Å². The second-order valence-electron chi connectivity index (χ2n) is 6.83. The van der Waals surface area contributed by atoms with E-state index in [4.69, 9.17) is 0 Å². The Kier molecular flexibility index (Phi) is 5.28. The van der Waals surface area contributed by atoms with E-state index in [2.05, 4.69) is 10.3 Å². The van der Waals surface area contributed by atoms with Crippen LogP contribution in [0.15, 0.2) is 48.8 Å². The van der Waals surface area contributed by atoms with Crippen molar-refractivity contribution in [2.45, 2.75) is 38.3 Å². The number of hydrogen-bond donors (Lipinski definition) is 2. The van der Waals surface area contributed by atoms with Crippen molar-refractivity contribution in [1.82, 2.24) is 14.9 Å². The summed E-state index contributed by atoms with van der Waals surface area (Å²) in [4.78, 5) is 17.2. The van der Waals surface area contributed by atoms with Crippen molar-refractivity contribution in [2.24, 2.45) is 7.05 Å². The molecule has 0 aliphatic carbocycles. The Morgan fingerprint density at radius 1 is 1.26 bits per heavy atom. The predicted octanol–water partition coefficient (Wildman–Crippen LogP) is 3.73. The molecule has 1 amide bonds. The molecule has 1 aromatic carbocycles. The van der Waals surface area contributed by atoms with Crippen LogP contribution in [0.5, 0.6) is 0 Å². The van der Waals surface area contributed by atoms with E-state index in [1.54, 1.807) is 18.2 Å². The molecular formula is C21H24FN3O2. The SMILES string of the molecule is CCC(O)(CC)C(NC(=O)c1cnc2c(ccn2C)c1)c1ccc(F)cc1. The third kappa shape index (κ3) is 3.71. The number of benzene rings is 1. The fraction of sp³-hybridized carbons (Fsp3) is 0.333.